The number of aromatic nitrogens is 2. The Hall–Kier alpha value is -4.06. The summed E-state index contributed by atoms with van der Waals surface area (Å²) in [6.45, 7) is 1.92. The smallest absolute Gasteiger partial charge is 0.193 e. The SMILES string of the molecule is COc1cc(OC)cc(-c2cccc(C(=O)c3ccc(-n4cnc(C)c4)c(OC)c3)c2)c1. The molecular formula is C26H24N2O4. The summed E-state index contributed by atoms with van der Waals surface area (Å²) in [6.07, 6.45) is 3.63. The summed E-state index contributed by atoms with van der Waals surface area (Å²) in [5.74, 6) is 1.88. The van der Waals surface area contributed by atoms with Gasteiger partial charge in [-0.1, -0.05) is 18.2 Å². The Morgan fingerprint density at radius 3 is 2.16 bits per heavy atom. The predicted molar refractivity (Wildman–Crippen MR) is 123 cm³/mol. The first kappa shape index (κ1) is 21.2. The third kappa shape index (κ3) is 4.21. The number of methoxy groups -OCH3 is 3. The maximum Gasteiger partial charge on any atom is 0.193 e. The van der Waals surface area contributed by atoms with Crippen molar-refractivity contribution >= 4 is 5.78 Å². The Bertz CT molecular complexity index is 1250. The lowest BCUT2D eigenvalue weighted by Gasteiger charge is -2.12. The molecular weight excluding hydrogens is 404 g/mol. The second-order valence-electron chi connectivity index (χ2n) is 7.32. The van der Waals surface area contributed by atoms with E-state index >= 15 is 0 Å². The minimum Gasteiger partial charge on any atom is -0.497 e. The van der Waals surface area contributed by atoms with Crippen molar-refractivity contribution in [2.75, 3.05) is 21.3 Å². The Morgan fingerprint density at radius 2 is 1.53 bits per heavy atom. The van der Waals surface area contributed by atoms with Crippen LogP contribution < -0.4 is 14.2 Å². The van der Waals surface area contributed by atoms with Gasteiger partial charge in [0.15, 0.2) is 5.78 Å². The zero-order valence-electron chi connectivity index (χ0n) is 18.5. The highest BCUT2D eigenvalue weighted by Gasteiger charge is 2.15. The fraction of sp³-hybridized carbons (Fsp3) is 0.154. The number of hydrogen-bond donors (Lipinski definition) is 0. The van der Waals surface area contributed by atoms with Crippen LogP contribution in [0.15, 0.2) is 73.2 Å². The zero-order valence-corrected chi connectivity index (χ0v) is 18.5. The number of imidazole rings is 1. The number of benzene rings is 3. The topological polar surface area (TPSA) is 62.6 Å². The molecule has 1 heterocycles. The fourth-order valence-electron chi connectivity index (χ4n) is 3.57. The van der Waals surface area contributed by atoms with Crippen LogP contribution in [-0.4, -0.2) is 36.7 Å². The van der Waals surface area contributed by atoms with Gasteiger partial charge in [-0.15, -0.1) is 0 Å². The van der Waals surface area contributed by atoms with Crippen LogP contribution in [0.2, 0.25) is 0 Å². The third-order valence-corrected chi connectivity index (χ3v) is 5.24. The highest BCUT2D eigenvalue weighted by molar-refractivity contribution is 6.10. The van der Waals surface area contributed by atoms with Gasteiger partial charge in [-0.25, -0.2) is 4.98 Å². The van der Waals surface area contributed by atoms with E-state index < -0.39 is 0 Å². The largest absolute Gasteiger partial charge is 0.497 e. The monoisotopic (exact) mass is 428 g/mol. The lowest BCUT2D eigenvalue weighted by molar-refractivity contribution is 0.103. The fourth-order valence-corrected chi connectivity index (χ4v) is 3.57. The van der Waals surface area contributed by atoms with Gasteiger partial charge in [0.1, 0.15) is 17.2 Å². The van der Waals surface area contributed by atoms with E-state index in [2.05, 4.69) is 4.98 Å². The highest BCUT2D eigenvalue weighted by atomic mass is 16.5. The number of aryl methyl sites for hydroxylation is 1. The minimum absolute atomic E-state index is 0.0895. The van der Waals surface area contributed by atoms with E-state index in [9.17, 15) is 4.79 Å². The van der Waals surface area contributed by atoms with Crippen LogP contribution >= 0.6 is 0 Å². The van der Waals surface area contributed by atoms with E-state index in [0.29, 0.717) is 28.4 Å². The van der Waals surface area contributed by atoms with Crippen molar-refractivity contribution in [2.45, 2.75) is 6.92 Å². The summed E-state index contributed by atoms with van der Waals surface area (Å²) in [4.78, 5) is 17.5. The Morgan fingerprint density at radius 1 is 0.812 bits per heavy atom. The van der Waals surface area contributed by atoms with E-state index in [1.165, 1.54) is 0 Å². The van der Waals surface area contributed by atoms with Gasteiger partial charge in [0.2, 0.25) is 0 Å². The van der Waals surface area contributed by atoms with Crippen molar-refractivity contribution in [3.05, 3.63) is 90.0 Å². The van der Waals surface area contributed by atoms with E-state index in [1.54, 1.807) is 39.8 Å². The molecule has 0 fully saturated rings. The molecule has 32 heavy (non-hydrogen) atoms. The molecule has 0 spiro atoms. The van der Waals surface area contributed by atoms with Gasteiger partial charge in [-0.3, -0.25) is 4.79 Å². The second kappa shape index (κ2) is 8.98. The molecule has 4 rings (SSSR count). The first-order valence-corrected chi connectivity index (χ1v) is 10.1. The number of ketones is 1. The van der Waals surface area contributed by atoms with Crippen molar-refractivity contribution < 1.29 is 19.0 Å². The van der Waals surface area contributed by atoms with Crippen LogP contribution in [-0.2, 0) is 0 Å². The molecule has 0 radical (unpaired) electrons. The summed E-state index contributed by atoms with van der Waals surface area (Å²) in [5.41, 5.74) is 4.64. The van der Waals surface area contributed by atoms with Crippen molar-refractivity contribution in [3.63, 3.8) is 0 Å². The molecule has 0 saturated heterocycles. The van der Waals surface area contributed by atoms with Crippen molar-refractivity contribution in [1.29, 1.82) is 0 Å². The minimum atomic E-state index is -0.0895. The summed E-state index contributed by atoms with van der Waals surface area (Å²) in [7, 11) is 4.81. The molecule has 3 aromatic carbocycles. The number of hydrogen-bond acceptors (Lipinski definition) is 5. The predicted octanol–water partition coefficient (Wildman–Crippen LogP) is 5.10. The molecule has 6 nitrogen and oxygen atoms in total. The molecule has 0 N–H and O–H groups in total. The molecule has 0 aliphatic heterocycles. The normalized spacial score (nSPS) is 10.6. The summed E-state index contributed by atoms with van der Waals surface area (Å²) < 4.78 is 18.2. The molecule has 0 saturated carbocycles. The van der Waals surface area contributed by atoms with Gasteiger partial charge in [-0.2, -0.15) is 0 Å². The van der Waals surface area contributed by atoms with Crippen LogP contribution in [0.25, 0.3) is 16.8 Å². The Labute approximate surface area is 187 Å². The maximum absolute atomic E-state index is 13.3. The number of rotatable bonds is 7. The number of nitrogens with zero attached hydrogens (tertiary/aromatic N) is 2. The lowest BCUT2D eigenvalue weighted by Crippen LogP contribution is -2.04. The van der Waals surface area contributed by atoms with Crippen LogP contribution in [0.3, 0.4) is 0 Å². The first-order chi connectivity index (χ1) is 15.5. The maximum atomic E-state index is 13.3. The number of carbonyl (C=O) groups excluding carboxylic acids is 1. The van der Waals surface area contributed by atoms with Crippen LogP contribution in [0.5, 0.6) is 17.2 Å². The molecule has 0 atom stereocenters. The Balaban J connectivity index is 1.69. The summed E-state index contributed by atoms with van der Waals surface area (Å²) >= 11 is 0. The lowest BCUT2D eigenvalue weighted by atomic mass is 9.97. The standard InChI is InChI=1S/C26H24N2O4/c1-17-15-28(16-27-17)24-9-8-20(13-25(24)32-4)26(29)19-7-5-6-18(10-19)21-11-22(30-2)14-23(12-21)31-3/h5-16H,1-4H3. The van der Waals surface area contributed by atoms with Crippen LogP contribution in [0.4, 0.5) is 0 Å². The van der Waals surface area contributed by atoms with Crippen LogP contribution in [0.1, 0.15) is 21.6 Å². The molecule has 1 aromatic heterocycles. The molecule has 162 valence electrons. The van der Waals surface area contributed by atoms with E-state index in [1.807, 2.05) is 66.2 Å². The second-order valence-corrected chi connectivity index (χ2v) is 7.32. The summed E-state index contributed by atoms with van der Waals surface area (Å²) in [5, 5.41) is 0. The number of ether oxygens (including phenoxy) is 3. The molecule has 0 bridgehead atoms. The molecule has 6 heteroatoms. The molecule has 0 amide bonds. The van der Waals surface area contributed by atoms with E-state index in [0.717, 1.165) is 22.5 Å². The van der Waals surface area contributed by atoms with Crippen LogP contribution in [0, 0.1) is 6.92 Å². The van der Waals surface area contributed by atoms with E-state index in [-0.39, 0.29) is 5.78 Å². The van der Waals surface area contributed by atoms with Crippen molar-refractivity contribution in [1.82, 2.24) is 9.55 Å². The van der Waals surface area contributed by atoms with Gasteiger partial charge in [0.25, 0.3) is 0 Å². The average molecular weight is 428 g/mol. The van der Waals surface area contributed by atoms with Gasteiger partial charge in [0.05, 0.1) is 39.0 Å². The molecule has 0 aliphatic carbocycles. The molecule has 0 aliphatic rings. The molecule has 0 unspecified atom stereocenters. The first-order valence-electron chi connectivity index (χ1n) is 10.1. The molecule has 4 aromatic rings. The quantitative estimate of drug-likeness (QED) is 0.383. The van der Waals surface area contributed by atoms with Crippen molar-refractivity contribution in [3.8, 4) is 34.1 Å². The Kier molecular flexibility index (Phi) is 5.94. The average Bonchev–Trinajstić information content (AvgIpc) is 3.28. The zero-order chi connectivity index (χ0) is 22.7. The summed E-state index contributed by atoms with van der Waals surface area (Å²) in [6, 6.07) is 18.6. The van der Waals surface area contributed by atoms with Gasteiger partial charge >= 0.3 is 0 Å². The highest BCUT2D eigenvalue weighted by Crippen LogP contribution is 2.31. The van der Waals surface area contributed by atoms with Gasteiger partial charge in [0, 0.05) is 23.4 Å². The third-order valence-electron chi connectivity index (χ3n) is 5.24. The number of carbonyl (C=O) groups is 1. The van der Waals surface area contributed by atoms with Gasteiger partial charge in [-0.05, 0) is 54.4 Å². The van der Waals surface area contributed by atoms with Gasteiger partial charge < -0.3 is 18.8 Å². The van der Waals surface area contributed by atoms with E-state index in [4.69, 9.17) is 14.2 Å². The van der Waals surface area contributed by atoms with Crippen molar-refractivity contribution in [2.24, 2.45) is 0 Å².